The van der Waals surface area contributed by atoms with Gasteiger partial charge in [-0.25, -0.2) is 0 Å². The van der Waals surface area contributed by atoms with Gasteiger partial charge in [0.15, 0.2) is 6.29 Å². The average Bonchev–Trinajstić information content (AvgIpc) is 2.75. The fourth-order valence-electron chi connectivity index (χ4n) is 1.90. The zero-order chi connectivity index (χ0) is 9.85. The molecule has 0 aromatic heterocycles. The van der Waals surface area contributed by atoms with Crippen LogP contribution >= 0.6 is 0 Å². The molecule has 0 saturated carbocycles. The fraction of sp³-hybridized carbons (Fsp3) is 1.00. The Labute approximate surface area is 79.4 Å². The summed E-state index contributed by atoms with van der Waals surface area (Å²) >= 11 is 0. The SMILES string of the molecule is CC1OC1OC(C)(C)C1OC1(C)C. The van der Waals surface area contributed by atoms with Gasteiger partial charge in [-0.2, -0.15) is 0 Å². The number of epoxide rings is 2. The summed E-state index contributed by atoms with van der Waals surface area (Å²) in [4.78, 5) is 0. The Balaban J connectivity index is 1.89. The molecule has 2 fully saturated rings. The van der Waals surface area contributed by atoms with E-state index in [0.717, 1.165) is 0 Å². The Morgan fingerprint density at radius 2 is 1.77 bits per heavy atom. The molecule has 2 saturated heterocycles. The van der Waals surface area contributed by atoms with Crippen LogP contribution in [0.4, 0.5) is 0 Å². The molecule has 0 bridgehead atoms. The third-order valence-electron chi connectivity index (χ3n) is 2.70. The fourth-order valence-corrected chi connectivity index (χ4v) is 1.90. The first-order valence-corrected chi connectivity index (χ1v) is 4.84. The van der Waals surface area contributed by atoms with Gasteiger partial charge >= 0.3 is 0 Å². The number of ether oxygens (including phenoxy) is 3. The third-order valence-corrected chi connectivity index (χ3v) is 2.70. The Morgan fingerprint density at radius 1 is 1.31 bits per heavy atom. The van der Waals surface area contributed by atoms with E-state index >= 15 is 0 Å². The predicted molar refractivity (Wildman–Crippen MR) is 48.5 cm³/mol. The van der Waals surface area contributed by atoms with Crippen LogP contribution in [-0.4, -0.2) is 29.7 Å². The van der Waals surface area contributed by atoms with E-state index in [4.69, 9.17) is 14.2 Å². The van der Waals surface area contributed by atoms with E-state index in [-0.39, 0.29) is 29.7 Å². The van der Waals surface area contributed by atoms with Crippen LogP contribution in [0.2, 0.25) is 0 Å². The highest BCUT2D eigenvalue weighted by atomic mass is 16.8. The zero-order valence-corrected chi connectivity index (χ0v) is 8.96. The van der Waals surface area contributed by atoms with Crippen LogP contribution in [0.5, 0.6) is 0 Å². The highest BCUT2D eigenvalue weighted by Crippen LogP contribution is 2.45. The summed E-state index contributed by atoms with van der Waals surface area (Å²) in [6.07, 6.45) is 0.424. The van der Waals surface area contributed by atoms with Gasteiger partial charge in [0.25, 0.3) is 0 Å². The molecular formula is C10H18O3. The van der Waals surface area contributed by atoms with Gasteiger partial charge in [0.2, 0.25) is 0 Å². The lowest BCUT2D eigenvalue weighted by Gasteiger charge is -2.22. The van der Waals surface area contributed by atoms with E-state index in [9.17, 15) is 0 Å². The standard InChI is InChI=1S/C10H18O3/c1-6-7(11-6)12-9(2,3)8-10(4,5)13-8/h6-8H,1-5H3. The number of hydrogen-bond donors (Lipinski definition) is 0. The second-order valence-electron chi connectivity index (χ2n) is 5.03. The topological polar surface area (TPSA) is 34.3 Å². The van der Waals surface area contributed by atoms with E-state index in [1.54, 1.807) is 0 Å². The minimum absolute atomic E-state index is 0.0185. The van der Waals surface area contributed by atoms with E-state index in [0.29, 0.717) is 0 Å². The highest BCUT2D eigenvalue weighted by molar-refractivity contribution is 5.05. The Hall–Kier alpha value is -0.120. The summed E-state index contributed by atoms with van der Waals surface area (Å²) in [5.41, 5.74) is -0.263. The molecule has 0 aromatic rings. The minimum Gasteiger partial charge on any atom is -0.364 e. The van der Waals surface area contributed by atoms with Crippen molar-refractivity contribution in [2.75, 3.05) is 0 Å². The normalized spacial score (nSPS) is 41.8. The van der Waals surface area contributed by atoms with Crippen molar-refractivity contribution >= 4 is 0 Å². The lowest BCUT2D eigenvalue weighted by atomic mass is 9.96. The molecule has 76 valence electrons. The third kappa shape index (κ3) is 1.73. The summed E-state index contributed by atoms with van der Waals surface area (Å²) in [6.45, 7) is 10.3. The monoisotopic (exact) mass is 186 g/mol. The molecule has 2 aliphatic rings. The van der Waals surface area contributed by atoms with Crippen molar-refractivity contribution in [3.8, 4) is 0 Å². The molecule has 13 heavy (non-hydrogen) atoms. The second-order valence-corrected chi connectivity index (χ2v) is 5.03. The summed E-state index contributed by atoms with van der Waals surface area (Å²) in [6, 6.07) is 0. The molecule has 3 heteroatoms. The quantitative estimate of drug-likeness (QED) is 0.629. The molecule has 0 N–H and O–H groups in total. The summed E-state index contributed by atoms with van der Waals surface area (Å²) in [5, 5.41) is 0. The lowest BCUT2D eigenvalue weighted by Crippen LogP contribution is -2.36. The Morgan fingerprint density at radius 3 is 2.08 bits per heavy atom. The summed E-state index contributed by atoms with van der Waals surface area (Å²) in [7, 11) is 0. The van der Waals surface area contributed by atoms with Gasteiger partial charge in [0.1, 0.15) is 12.2 Å². The van der Waals surface area contributed by atoms with Crippen LogP contribution in [0.25, 0.3) is 0 Å². The van der Waals surface area contributed by atoms with Crippen molar-refractivity contribution in [1.82, 2.24) is 0 Å². The molecule has 0 amide bonds. The molecule has 3 atom stereocenters. The van der Waals surface area contributed by atoms with Crippen molar-refractivity contribution in [3.05, 3.63) is 0 Å². The molecule has 0 aromatic carbocycles. The molecule has 2 heterocycles. The first kappa shape index (κ1) is 9.44. The van der Waals surface area contributed by atoms with Crippen LogP contribution < -0.4 is 0 Å². The van der Waals surface area contributed by atoms with Gasteiger partial charge in [0, 0.05) is 0 Å². The van der Waals surface area contributed by atoms with Crippen molar-refractivity contribution in [1.29, 1.82) is 0 Å². The maximum atomic E-state index is 5.77. The lowest BCUT2D eigenvalue weighted by molar-refractivity contribution is -0.0827. The maximum Gasteiger partial charge on any atom is 0.184 e. The van der Waals surface area contributed by atoms with Crippen molar-refractivity contribution in [2.24, 2.45) is 0 Å². The Kier molecular flexibility index (Phi) is 1.79. The van der Waals surface area contributed by atoms with Crippen molar-refractivity contribution < 1.29 is 14.2 Å². The molecule has 2 aliphatic heterocycles. The first-order chi connectivity index (χ1) is 5.83. The van der Waals surface area contributed by atoms with E-state index in [2.05, 4.69) is 27.7 Å². The van der Waals surface area contributed by atoms with Crippen molar-refractivity contribution in [2.45, 2.75) is 64.3 Å². The van der Waals surface area contributed by atoms with E-state index < -0.39 is 0 Å². The largest absolute Gasteiger partial charge is 0.364 e. The molecule has 2 rings (SSSR count). The highest BCUT2D eigenvalue weighted by Gasteiger charge is 2.59. The average molecular weight is 186 g/mol. The summed E-state index contributed by atoms with van der Waals surface area (Å²) < 4.78 is 16.5. The van der Waals surface area contributed by atoms with Gasteiger partial charge < -0.3 is 14.2 Å². The molecular weight excluding hydrogens is 168 g/mol. The first-order valence-electron chi connectivity index (χ1n) is 4.84. The Bertz CT molecular complexity index is 222. The van der Waals surface area contributed by atoms with E-state index in [1.165, 1.54) is 0 Å². The van der Waals surface area contributed by atoms with Crippen LogP contribution in [0.3, 0.4) is 0 Å². The van der Waals surface area contributed by atoms with Crippen LogP contribution in [-0.2, 0) is 14.2 Å². The van der Waals surface area contributed by atoms with Gasteiger partial charge in [-0.05, 0) is 34.6 Å². The van der Waals surface area contributed by atoms with Crippen LogP contribution in [0.1, 0.15) is 34.6 Å². The molecule has 0 spiro atoms. The second kappa shape index (κ2) is 2.47. The van der Waals surface area contributed by atoms with Crippen molar-refractivity contribution in [3.63, 3.8) is 0 Å². The zero-order valence-electron chi connectivity index (χ0n) is 8.96. The van der Waals surface area contributed by atoms with Gasteiger partial charge in [-0.15, -0.1) is 0 Å². The number of rotatable bonds is 3. The van der Waals surface area contributed by atoms with Gasteiger partial charge in [-0.1, -0.05) is 0 Å². The van der Waals surface area contributed by atoms with Gasteiger partial charge in [0.05, 0.1) is 11.2 Å². The molecule has 3 unspecified atom stereocenters. The van der Waals surface area contributed by atoms with Gasteiger partial charge in [-0.3, -0.25) is 0 Å². The molecule has 3 nitrogen and oxygen atoms in total. The smallest absolute Gasteiger partial charge is 0.184 e. The molecule has 0 radical (unpaired) electrons. The molecule has 0 aliphatic carbocycles. The maximum absolute atomic E-state index is 5.77. The van der Waals surface area contributed by atoms with Crippen LogP contribution in [0.15, 0.2) is 0 Å². The predicted octanol–water partition coefficient (Wildman–Crippen LogP) is 1.70. The van der Waals surface area contributed by atoms with Crippen LogP contribution in [0, 0.1) is 0 Å². The van der Waals surface area contributed by atoms with E-state index in [1.807, 2.05) is 6.92 Å². The number of hydrogen-bond acceptors (Lipinski definition) is 3. The minimum atomic E-state index is -0.237. The summed E-state index contributed by atoms with van der Waals surface area (Å²) in [5.74, 6) is 0.